The molecule has 0 saturated heterocycles. The minimum Gasteiger partial charge on any atom is -0.469 e. The van der Waals surface area contributed by atoms with Gasteiger partial charge in [-0.25, -0.2) is 0 Å². The van der Waals surface area contributed by atoms with Crippen LogP contribution < -0.4 is 5.32 Å². The van der Waals surface area contributed by atoms with Gasteiger partial charge in [0.1, 0.15) is 0 Å². The van der Waals surface area contributed by atoms with E-state index in [0.717, 1.165) is 25.9 Å². The highest BCUT2D eigenvalue weighted by Crippen LogP contribution is 2.03. The molecule has 0 bridgehead atoms. The maximum atomic E-state index is 10.9. The Morgan fingerprint density at radius 2 is 2.18 bits per heavy atom. The van der Waals surface area contributed by atoms with Gasteiger partial charge in [0.15, 0.2) is 0 Å². The number of hydrogen-bond acceptors (Lipinski definition) is 3. The molecule has 17 heavy (non-hydrogen) atoms. The zero-order chi connectivity index (χ0) is 12.5. The Labute approximate surface area is 103 Å². The van der Waals surface area contributed by atoms with Crippen molar-refractivity contribution in [3.63, 3.8) is 0 Å². The SMILES string of the molecule is COC(=O)CCCNCCc1cccc(C)c1. The van der Waals surface area contributed by atoms with Crippen molar-refractivity contribution in [1.82, 2.24) is 5.32 Å². The van der Waals surface area contributed by atoms with Crippen molar-refractivity contribution < 1.29 is 9.53 Å². The number of aryl methyl sites for hydroxylation is 1. The summed E-state index contributed by atoms with van der Waals surface area (Å²) in [6.45, 7) is 3.92. The standard InChI is InChI=1S/C14H21NO2/c1-12-5-3-6-13(11-12)8-10-15-9-4-7-14(16)17-2/h3,5-6,11,15H,4,7-10H2,1-2H3. The van der Waals surface area contributed by atoms with Crippen molar-refractivity contribution in [2.45, 2.75) is 26.2 Å². The van der Waals surface area contributed by atoms with Gasteiger partial charge in [-0.3, -0.25) is 4.79 Å². The van der Waals surface area contributed by atoms with Crippen LogP contribution in [0.1, 0.15) is 24.0 Å². The van der Waals surface area contributed by atoms with Crippen LogP contribution in [0.5, 0.6) is 0 Å². The lowest BCUT2D eigenvalue weighted by Gasteiger charge is -2.05. The van der Waals surface area contributed by atoms with E-state index in [0.29, 0.717) is 6.42 Å². The molecule has 0 saturated carbocycles. The first-order chi connectivity index (χ1) is 8.22. The van der Waals surface area contributed by atoms with Gasteiger partial charge in [-0.1, -0.05) is 29.8 Å². The van der Waals surface area contributed by atoms with Crippen molar-refractivity contribution in [3.05, 3.63) is 35.4 Å². The van der Waals surface area contributed by atoms with Crippen LogP contribution in [-0.4, -0.2) is 26.2 Å². The van der Waals surface area contributed by atoms with E-state index in [2.05, 4.69) is 41.2 Å². The zero-order valence-electron chi connectivity index (χ0n) is 10.7. The second kappa shape index (κ2) is 7.85. The van der Waals surface area contributed by atoms with E-state index in [1.165, 1.54) is 18.2 Å². The van der Waals surface area contributed by atoms with Gasteiger partial charge in [0.05, 0.1) is 7.11 Å². The molecular formula is C14H21NO2. The van der Waals surface area contributed by atoms with Crippen LogP contribution in [0.4, 0.5) is 0 Å². The third-order valence-electron chi connectivity index (χ3n) is 2.64. The van der Waals surface area contributed by atoms with Crippen LogP contribution in [-0.2, 0) is 16.0 Å². The molecule has 0 unspecified atom stereocenters. The van der Waals surface area contributed by atoms with Crippen molar-refractivity contribution in [1.29, 1.82) is 0 Å². The van der Waals surface area contributed by atoms with Gasteiger partial charge < -0.3 is 10.1 Å². The van der Waals surface area contributed by atoms with E-state index in [1.807, 2.05) is 0 Å². The van der Waals surface area contributed by atoms with Gasteiger partial charge in [0.25, 0.3) is 0 Å². The highest BCUT2D eigenvalue weighted by atomic mass is 16.5. The summed E-state index contributed by atoms with van der Waals surface area (Å²) in [7, 11) is 1.42. The Morgan fingerprint density at radius 3 is 2.88 bits per heavy atom. The molecule has 1 aromatic rings. The summed E-state index contributed by atoms with van der Waals surface area (Å²) in [4.78, 5) is 10.9. The van der Waals surface area contributed by atoms with E-state index < -0.39 is 0 Å². The van der Waals surface area contributed by atoms with Crippen molar-refractivity contribution in [2.24, 2.45) is 0 Å². The van der Waals surface area contributed by atoms with Gasteiger partial charge in [0.2, 0.25) is 0 Å². The third kappa shape index (κ3) is 6.07. The molecule has 0 amide bonds. The molecular weight excluding hydrogens is 214 g/mol. The predicted octanol–water partition coefficient (Wildman–Crippen LogP) is 2.08. The van der Waals surface area contributed by atoms with E-state index in [1.54, 1.807) is 0 Å². The summed E-state index contributed by atoms with van der Waals surface area (Å²) in [5.41, 5.74) is 2.65. The zero-order valence-corrected chi connectivity index (χ0v) is 10.7. The first kappa shape index (κ1) is 13.7. The predicted molar refractivity (Wildman–Crippen MR) is 69.0 cm³/mol. The molecule has 0 aromatic heterocycles. The van der Waals surface area contributed by atoms with Crippen LogP contribution in [0.15, 0.2) is 24.3 Å². The number of methoxy groups -OCH3 is 1. The summed E-state index contributed by atoms with van der Waals surface area (Å²) >= 11 is 0. The minimum atomic E-state index is -0.134. The number of carbonyl (C=O) groups is 1. The molecule has 0 aliphatic heterocycles. The fourth-order valence-corrected chi connectivity index (χ4v) is 1.69. The number of hydrogen-bond donors (Lipinski definition) is 1. The minimum absolute atomic E-state index is 0.134. The average Bonchev–Trinajstić information content (AvgIpc) is 2.33. The van der Waals surface area contributed by atoms with E-state index in [4.69, 9.17) is 0 Å². The molecule has 0 aliphatic carbocycles. The lowest BCUT2D eigenvalue weighted by Crippen LogP contribution is -2.19. The summed E-state index contributed by atoms with van der Waals surface area (Å²) in [6.07, 6.45) is 2.36. The molecule has 1 aromatic carbocycles. The number of ether oxygens (including phenoxy) is 1. The topological polar surface area (TPSA) is 38.3 Å². The van der Waals surface area contributed by atoms with Gasteiger partial charge in [0, 0.05) is 6.42 Å². The molecule has 3 heteroatoms. The Balaban J connectivity index is 2.06. The molecule has 0 heterocycles. The molecule has 0 radical (unpaired) electrons. The highest BCUT2D eigenvalue weighted by molar-refractivity contribution is 5.69. The highest BCUT2D eigenvalue weighted by Gasteiger charge is 1.98. The van der Waals surface area contributed by atoms with Gasteiger partial charge in [-0.2, -0.15) is 0 Å². The largest absolute Gasteiger partial charge is 0.469 e. The smallest absolute Gasteiger partial charge is 0.305 e. The molecule has 3 nitrogen and oxygen atoms in total. The van der Waals surface area contributed by atoms with Gasteiger partial charge >= 0.3 is 5.97 Å². The molecule has 0 fully saturated rings. The summed E-state index contributed by atoms with van der Waals surface area (Å²) in [6, 6.07) is 8.54. The molecule has 1 N–H and O–H groups in total. The number of rotatable bonds is 7. The molecule has 1 rings (SSSR count). The van der Waals surface area contributed by atoms with Crippen LogP contribution >= 0.6 is 0 Å². The van der Waals surface area contributed by atoms with Crippen LogP contribution in [0.25, 0.3) is 0 Å². The van der Waals surface area contributed by atoms with E-state index in [9.17, 15) is 4.79 Å². The average molecular weight is 235 g/mol. The fourth-order valence-electron chi connectivity index (χ4n) is 1.69. The number of carbonyl (C=O) groups excluding carboxylic acids is 1. The quantitative estimate of drug-likeness (QED) is 0.581. The van der Waals surface area contributed by atoms with Crippen molar-refractivity contribution in [2.75, 3.05) is 20.2 Å². The van der Waals surface area contributed by atoms with Gasteiger partial charge in [-0.15, -0.1) is 0 Å². The first-order valence-electron chi connectivity index (χ1n) is 6.05. The molecule has 0 spiro atoms. The van der Waals surface area contributed by atoms with E-state index >= 15 is 0 Å². The van der Waals surface area contributed by atoms with Gasteiger partial charge in [-0.05, 0) is 38.4 Å². The summed E-state index contributed by atoms with van der Waals surface area (Å²) < 4.78 is 4.57. The lowest BCUT2D eigenvalue weighted by atomic mass is 10.1. The Hall–Kier alpha value is -1.35. The number of nitrogens with one attached hydrogen (secondary N) is 1. The number of esters is 1. The first-order valence-corrected chi connectivity index (χ1v) is 6.05. The Kier molecular flexibility index (Phi) is 6.33. The number of benzene rings is 1. The van der Waals surface area contributed by atoms with Crippen LogP contribution in [0.2, 0.25) is 0 Å². The molecule has 0 aliphatic rings. The third-order valence-corrected chi connectivity index (χ3v) is 2.64. The Bertz CT molecular complexity index is 350. The molecule has 0 atom stereocenters. The lowest BCUT2D eigenvalue weighted by molar-refractivity contribution is -0.140. The normalized spacial score (nSPS) is 10.2. The fraction of sp³-hybridized carbons (Fsp3) is 0.500. The molecule has 94 valence electrons. The monoisotopic (exact) mass is 235 g/mol. The van der Waals surface area contributed by atoms with Crippen LogP contribution in [0.3, 0.4) is 0 Å². The Morgan fingerprint density at radius 1 is 1.35 bits per heavy atom. The van der Waals surface area contributed by atoms with Crippen molar-refractivity contribution >= 4 is 5.97 Å². The second-order valence-corrected chi connectivity index (χ2v) is 4.17. The summed E-state index contributed by atoms with van der Waals surface area (Å²) in [5, 5.41) is 3.33. The summed E-state index contributed by atoms with van der Waals surface area (Å²) in [5.74, 6) is -0.134. The van der Waals surface area contributed by atoms with E-state index in [-0.39, 0.29) is 5.97 Å². The van der Waals surface area contributed by atoms with Crippen molar-refractivity contribution in [3.8, 4) is 0 Å². The maximum Gasteiger partial charge on any atom is 0.305 e. The van der Waals surface area contributed by atoms with Crippen LogP contribution in [0, 0.1) is 6.92 Å². The maximum absolute atomic E-state index is 10.9. The second-order valence-electron chi connectivity index (χ2n) is 4.17.